The first kappa shape index (κ1) is 15.0. The average molecular weight is 293 g/mol. The number of nitro benzene ring substituents is 1. The number of rotatable bonds is 4. The fourth-order valence-corrected chi connectivity index (χ4v) is 2.27. The van der Waals surface area contributed by atoms with E-state index in [2.05, 4.69) is 6.07 Å². The van der Waals surface area contributed by atoms with Crippen LogP contribution in [-0.2, 0) is 4.74 Å². The lowest BCUT2D eigenvalue weighted by molar-refractivity contribution is -0.386. The highest BCUT2D eigenvalue weighted by atomic mass is 16.6. The fourth-order valence-electron chi connectivity index (χ4n) is 2.27. The second-order valence-electron chi connectivity index (χ2n) is 4.53. The molecule has 0 spiro atoms. The van der Waals surface area contributed by atoms with Gasteiger partial charge in [-0.15, -0.1) is 0 Å². The largest absolute Gasteiger partial charge is 0.500 e. The van der Waals surface area contributed by atoms with Gasteiger partial charge in [-0.05, 0) is 11.6 Å². The molecule has 1 saturated heterocycles. The summed E-state index contributed by atoms with van der Waals surface area (Å²) in [6.45, 7) is 2.15. The molecule has 2 rings (SSSR count). The summed E-state index contributed by atoms with van der Waals surface area (Å²) >= 11 is 0. The number of nitro groups is 1. The normalized spacial score (nSPS) is 17.0. The van der Waals surface area contributed by atoms with E-state index in [9.17, 15) is 20.5 Å². The Morgan fingerprint density at radius 3 is 2.71 bits per heavy atom. The minimum absolute atomic E-state index is 0.0206. The summed E-state index contributed by atoms with van der Waals surface area (Å²) in [7, 11) is 1.30. The van der Waals surface area contributed by atoms with Crippen molar-refractivity contribution in [3.8, 4) is 17.6 Å². The molecule has 1 fully saturated rings. The molecule has 0 aromatic heterocycles. The van der Waals surface area contributed by atoms with Crippen molar-refractivity contribution >= 4 is 5.69 Å². The Morgan fingerprint density at radius 2 is 2.19 bits per heavy atom. The van der Waals surface area contributed by atoms with Crippen LogP contribution in [0.2, 0.25) is 0 Å². The van der Waals surface area contributed by atoms with Crippen LogP contribution in [0.5, 0.6) is 11.5 Å². The smallest absolute Gasteiger partial charge is 0.315 e. The first-order valence-corrected chi connectivity index (χ1v) is 6.35. The fraction of sp³-hybridized carbons (Fsp3) is 0.462. The van der Waals surface area contributed by atoms with E-state index in [1.807, 2.05) is 4.90 Å². The number of phenolic OH excluding ortho intramolecular Hbond substituents is 1. The van der Waals surface area contributed by atoms with E-state index in [0.29, 0.717) is 31.9 Å². The van der Waals surface area contributed by atoms with Gasteiger partial charge in [0, 0.05) is 19.2 Å². The number of hydrogen-bond acceptors (Lipinski definition) is 7. The van der Waals surface area contributed by atoms with Gasteiger partial charge in [0.2, 0.25) is 5.75 Å². The van der Waals surface area contributed by atoms with Gasteiger partial charge in [0.1, 0.15) is 6.04 Å². The van der Waals surface area contributed by atoms with E-state index in [4.69, 9.17) is 9.47 Å². The number of benzene rings is 1. The van der Waals surface area contributed by atoms with Crippen LogP contribution in [0.4, 0.5) is 5.69 Å². The number of hydrogen-bond donors (Lipinski definition) is 1. The van der Waals surface area contributed by atoms with Gasteiger partial charge in [0.15, 0.2) is 5.75 Å². The van der Waals surface area contributed by atoms with Gasteiger partial charge in [-0.25, -0.2) is 0 Å². The molecule has 1 aliphatic rings. The predicted molar refractivity (Wildman–Crippen MR) is 72.1 cm³/mol. The van der Waals surface area contributed by atoms with Crippen molar-refractivity contribution in [1.29, 1.82) is 5.26 Å². The molecular weight excluding hydrogens is 278 g/mol. The van der Waals surface area contributed by atoms with Gasteiger partial charge in [0.25, 0.3) is 0 Å². The first-order valence-electron chi connectivity index (χ1n) is 6.35. The van der Waals surface area contributed by atoms with Crippen molar-refractivity contribution in [2.24, 2.45) is 0 Å². The van der Waals surface area contributed by atoms with Crippen molar-refractivity contribution in [1.82, 2.24) is 4.90 Å². The highest BCUT2D eigenvalue weighted by Gasteiger charge is 2.27. The standard InChI is InChI=1S/C13H15N3O5/c1-20-12-7-9(6-10(13(12)17)16(18)19)11(8-14)15-2-4-21-5-3-15/h6-7,11,17H,2-5H2,1H3. The van der Waals surface area contributed by atoms with E-state index >= 15 is 0 Å². The Labute approximate surface area is 121 Å². The zero-order valence-electron chi connectivity index (χ0n) is 11.5. The van der Waals surface area contributed by atoms with E-state index in [-0.39, 0.29) is 5.75 Å². The topological polar surface area (TPSA) is 109 Å². The number of nitriles is 1. The van der Waals surface area contributed by atoms with Gasteiger partial charge >= 0.3 is 5.69 Å². The Hall–Kier alpha value is -2.37. The molecule has 8 nitrogen and oxygen atoms in total. The summed E-state index contributed by atoms with van der Waals surface area (Å²) in [5, 5.41) is 30.2. The van der Waals surface area contributed by atoms with Crippen molar-refractivity contribution < 1.29 is 19.5 Å². The average Bonchev–Trinajstić information content (AvgIpc) is 2.50. The Kier molecular flexibility index (Phi) is 4.57. The summed E-state index contributed by atoms with van der Waals surface area (Å²) in [5.74, 6) is -0.558. The molecule has 1 aliphatic heterocycles. The highest BCUT2D eigenvalue weighted by Crippen LogP contribution is 2.39. The molecule has 0 radical (unpaired) electrons. The molecule has 1 N–H and O–H groups in total. The maximum Gasteiger partial charge on any atom is 0.315 e. The monoisotopic (exact) mass is 293 g/mol. The molecule has 0 saturated carbocycles. The van der Waals surface area contributed by atoms with E-state index < -0.39 is 22.4 Å². The summed E-state index contributed by atoms with van der Waals surface area (Å²) in [5.41, 5.74) is -0.0568. The van der Waals surface area contributed by atoms with Crippen molar-refractivity contribution in [3.63, 3.8) is 0 Å². The van der Waals surface area contributed by atoms with Crippen LogP contribution in [0.3, 0.4) is 0 Å². The Balaban J connectivity index is 2.43. The molecule has 1 atom stereocenters. The second kappa shape index (κ2) is 6.39. The molecular formula is C13H15N3O5. The van der Waals surface area contributed by atoms with Crippen molar-refractivity contribution in [2.45, 2.75) is 6.04 Å². The number of morpholine rings is 1. The maximum atomic E-state index is 11.0. The van der Waals surface area contributed by atoms with Crippen LogP contribution in [0, 0.1) is 21.4 Å². The molecule has 0 bridgehead atoms. The first-order chi connectivity index (χ1) is 10.1. The zero-order valence-corrected chi connectivity index (χ0v) is 11.5. The van der Waals surface area contributed by atoms with Gasteiger partial charge in [0.05, 0.1) is 31.3 Å². The van der Waals surface area contributed by atoms with Gasteiger partial charge in [-0.1, -0.05) is 0 Å². The van der Waals surface area contributed by atoms with Crippen LogP contribution in [0.1, 0.15) is 11.6 Å². The van der Waals surface area contributed by atoms with Crippen molar-refractivity contribution in [3.05, 3.63) is 27.8 Å². The van der Waals surface area contributed by atoms with Crippen molar-refractivity contribution in [2.75, 3.05) is 33.4 Å². The number of ether oxygens (including phenoxy) is 2. The Morgan fingerprint density at radius 1 is 1.52 bits per heavy atom. The molecule has 112 valence electrons. The number of aromatic hydroxyl groups is 1. The SMILES string of the molecule is COc1cc(C(C#N)N2CCOCC2)cc([N+](=O)[O-])c1O. The summed E-state index contributed by atoms with van der Waals surface area (Å²) in [6, 6.07) is 4.14. The van der Waals surface area contributed by atoms with Crippen LogP contribution in [0.15, 0.2) is 12.1 Å². The summed E-state index contributed by atoms with van der Waals surface area (Å²) in [4.78, 5) is 12.2. The van der Waals surface area contributed by atoms with Crippen LogP contribution in [-0.4, -0.2) is 48.3 Å². The van der Waals surface area contributed by atoms with Gasteiger partial charge in [-0.2, -0.15) is 5.26 Å². The van der Waals surface area contributed by atoms with Gasteiger partial charge < -0.3 is 14.6 Å². The van der Waals surface area contributed by atoms with E-state index in [1.54, 1.807) is 0 Å². The van der Waals surface area contributed by atoms with Crippen LogP contribution >= 0.6 is 0 Å². The minimum Gasteiger partial charge on any atom is -0.500 e. The Bertz CT molecular complexity index is 578. The second-order valence-corrected chi connectivity index (χ2v) is 4.53. The maximum absolute atomic E-state index is 11.0. The molecule has 21 heavy (non-hydrogen) atoms. The molecule has 1 aromatic carbocycles. The molecule has 1 heterocycles. The molecule has 1 aromatic rings. The summed E-state index contributed by atoms with van der Waals surface area (Å²) < 4.78 is 10.2. The zero-order chi connectivity index (χ0) is 15.4. The van der Waals surface area contributed by atoms with Crippen LogP contribution in [0.25, 0.3) is 0 Å². The highest BCUT2D eigenvalue weighted by molar-refractivity contribution is 5.58. The number of phenols is 1. The third kappa shape index (κ3) is 3.04. The molecule has 0 aliphatic carbocycles. The summed E-state index contributed by atoms with van der Waals surface area (Å²) in [6.07, 6.45) is 0. The van der Waals surface area contributed by atoms with E-state index in [0.717, 1.165) is 0 Å². The van der Waals surface area contributed by atoms with E-state index in [1.165, 1.54) is 19.2 Å². The van der Waals surface area contributed by atoms with Crippen LogP contribution < -0.4 is 4.74 Å². The quantitative estimate of drug-likeness (QED) is 0.656. The third-order valence-electron chi connectivity index (χ3n) is 3.34. The third-order valence-corrected chi connectivity index (χ3v) is 3.34. The lowest BCUT2D eigenvalue weighted by atomic mass is 10.0. The predicted octanol–water partition coefficient (Wildman–Crippen LogP) is 1.21. The molecule has 0 amide bonds. The molecule has 8 heteroatoms. The number of nitrogens with zero attached hydrogens (tertiary/aromatic N) is 3. The molecule has 1 unspecified atom stereocenters. The van der Waals surface area contributed by atoms with Gasteiger partial charge in [-0.3, -0.25) is 15.0 Å². The minimum atomic E-state index is -0.699. The lowest BCUT2D eigenvalue weighted by Gasteiger charge is -2.30. The lowest BCUT2D eigenvalue weighted by Crippen LogP contribution is -2.38. The number of methoxy groups -OCH3 is 1.